The topological polar surface area (TPSA) is 97.1 Å². The van der Waals surface area contributed by atoms with Gasteiger partial charge in [0, 0.05) is 32.3 Å². The predicted octanol–water partition coefficient (Wildman–Crippen LogP) is 3.21. The summed E-state index contributed by atoms with van der Waals surface area (Å²) >= 11 is 0. The molecule has 35 heavy (non-hydrogen) atoms. The van der Waals surface area contributed by atoms with Gasteiger partial charge >= 0.3 is 6.18 Å². The van der Waals surface area contributed by atoms with Gasteiger partial charge in [0.25, 0.3) is 5.91 Å². The van der Waals surface area contributed by atoms with Crippen molar-refractivity contribution in [2.24, 2.45) is 5.73 Å². The molecule has 0 spiro atoms. The molecule has 1 aliphatic carbocycles. The van der Waals surface area contributed by atoms with Crippen LogP contribution in [0.4, 0.5) is 18.9 Å². The number of fused-ring (bicyclic) bond motifs is 1. The highest BCUT2D eigenvalue weighted by Crippen LogP contribution is 2.33. The molecule has 0 saturated carbocycles. The lowest BCUT2D eigenvalue weighted by atomic mass is 9.98. The lowest BCUT2D eigenvalue weighted by Gasteiger charge is -2.22. The molecule has 1 aromatic rings. The van der Waals surface area contributed by atoms with E-state index in [2.05, 4.69) is 16.3 Å². The van der Waals surface area contributed by atoms with Crippen molar-refractivity contribution < 1.29 is 32.5 Å². The molecule has 3 rings (SSSR count). The van der Waals surface area contributed by atoms with Gasteiger partial charge in [-0.3, -0.25) is 4.79 Å². The van der Waals surface area contributed by atoms with Crippen LogP contribution in [0.15, 0.2) is 35.8 Å². The molecular weight excluding hydrogens is 463 g/mol. The highest BCUT2D eigenvalue weighted by molar-refractivity contribution is 6.00. The van der Waals surface area contributed by atoms with Crippen molar-refractivity contribution in [1.82, 2.24) is 5.32 Å². The molecule has 1 heterocycles. The van der Waals surface area contributed by atoms with Crippen LogP contribution in [0.3, 0.4) is 0 Å². The minimum Gasteiger partial charge on any atom is -0.489 e. The zero-order valence-electron chi connectivity index (χ0n) is 20.0. The summed E-state index contributed by atoms with van der Waals surface area (Å²) in [6.45, 7) is 3.01. The number of aliphatic hydroxyl groups is 1. The third-order valence-corrected chi connectivity index (χ3v) is 5.92. The average Bonchev–Trinajstić information content (AvgIpc) is 3.21. The maximum absolute atomic E-state index is 12.5. The Morgan fingerprint density at radius 2 is 1.94 bits per heavy atom. The summed E-state index contributed by atoms with van der Waals surface area (Å²) in [5.74, 6) is 0.00238. The van der Waals surface area contributed by atoms with E-state index in [0.717, 1.165) is 29.8 Å². The summed E-state index contributed by atoms with van der Waals surface area (Å²) in [5.41, 5.74) is 9.15. The van der Waals surface area contributed by atoms with Gasteiger partial charge in [-0.15, -0.1) is 0 Å². The highest BCUT2D eigenvalue weighted by atomic mass is 19.4. The van der Waals surface area contributed by atoms with Crippen LogP contribution in [0.2, 0.25) is 0 Å². The van der Waals surface area contributed by atoms with Gasteiger partial charge in [0.1, 0.15) is 6.61 Å². The van der Waals surface area contributed by atoms with E-state index < -0.39 is 18.7 Å². The van der Waals surface area contributed by atoms with E-state index in [1.165, 1.54) is 0 Å². The van der Waals surface area contributed by atoms with Crippen LogP contribution >= 0.6 is 0 Å². The molecule has 0 saturated heterocycles. The number of nitrogens with one attached hydrogen (secondary N) is 1. The van der Waals surface area contributed by atoms with Gasteiger partial charge < -0.3 is 30.5 Å². The van der Waals surface area contributed by atoms with Crippen LogP contribution < -0.4 is 16.0 Å². The second-order valence-corrected chi connectivity index (χ2v) is 8.86. The Morgan fingerprint density at radius 1 is 1.23 bits per heavy atom. The second kappa shape index (κ2) is 12.3. The minimum absolute atomic E-state index is 0.0705. The molecule has 2 aliphatic rings. The maximum Gasteiger partial charge on any atom is 0.422 e. The molecule has 10 heteroatoms. The number of hydrogen-bond donors (Lipinski definition) is 3. The fraction of sp³-hybridized carbons (Fsp3) is 0.560. The van der Waals surface area contributed by atoms with Crippen molar-refractivity contribution in [2.75, 3.05) is 44.4 Å². The van der Waals surface area contributed by atoms with Crippen molar-refractivity contribution in [1.29, 1.82) is 0 Å². The van der Waals surface area contributed by atoms with Crippen molar-refractivity contribution >= 4 is 11.6 Å². The molecular formula is C25H34F3N3O4. The Morgan fingerprint density at radius 3 is 2.60 bits per heavy atom. The van der Waals surface area contributed by atoms with E-state index in [1.807, 2.05) is 13.0 Å². The van der Waals surface area contributed by atoms with E-state index >= 15 is 0 Å². The number of nitrogens with two attached hydrogens (primary N) is 1. The monoisotopic (exact) mass is 497 g/mol. The minimum atomic E-state index is -4.40. The molecule has 4 N–H and O–H groups in total. The molecule has 0 radical (unpaired) electrons. The first-order chi connectivity index (χ1) is 16.7. The number of nitrogens with zero attached hydrogens (tertiary/aromatic N) is 1. The van der Waals surface area contributed by atoms with Gasteiger partial charge in [0.15, 0.2) is 18.1 Å². The lowest BCUT2D eigenvalue weighted by molar-refractivity contribution is -0.165. The normalized spacial score (nSPS) is 16.4. The lowest BCUT2D eigenvalue weighted by Crippen LogP contribution is -2.31. The van der Waals surface area contributed by atoms with Crippen LogP contribution in [-0.2, 0) is 22.3 Å². The molecule has 1 amide bonds. The Hall–Kier alpha value is -2.72. The average molecular weight is 498 g/mol. The van der Waals surface area contributed by atoms with E-state index in [1.54, 1.807) is 12.2 Å². The number of anilines is 1. The van der Waals surface area contributed by atoms with Gasteiger partial charge in [0.2, 0.25) is 0 Å². The van der Waals surface area contributed by atoms with Crippen molar-refractivity contribution in [2.45, 2.75) is 51.2 Å². The summed E-state index contributed by atoms with van der Waals surface area (Å²) in [6.07, 6.45) is 2.40. The van der Waals surface area contributed by atoms with Crippen LogP contribution in [0.5, 0.6) is 0 Å². The Labute approximate surface area is 203 Å². The van der Waals surface area contributed by atoms with E-state index in [0.29, 0.717) is 50.1 Å². The second-order valence-electron chi connectivity index (χ2n) is 8.86. The molecule has 1 aliphatic heterocycles. The zero-order chi connectivity index (χ0) is 25.4. The number of rotatable bonds is 13. The van der Waals surface area contributed by atoms with Gasteiger partial charge in [0.05, 0.1) is 11.3 Å². The summed E-state index contributed by atoms with van der Waals surface area (Å²) in [5, 5.41) is 12.5. The van der Waals surface area contributed by atoms with Crippen LogP contribution in [-0.4, -0.2) is 62.7 Å². The van der Waals surface area contributed by atoms with Gasteiger partial charge in [-0.1, -0.05) is 6.07 Å². The number of ether oxygens (including phenoxy) is 2. The number of primary amides is 1. The van der Waals surface area contributed by atoms with Crippen LogP contribution in [0.25, 0.3) is 0 Å². The number of benzene rings is 1. The Kier molecular flexibility index (Phi) is 9.45. The summed E-state index contributed by atoms with van der Waals surface area (Å²) in [4.78, 5) is 14.2. The first kappa shape index (κ1) is 26.9. The van der Waals surface area contributed by atoms with Gasteiger partial charge in [-0.05, 0) is 68.4 Å². The van der Waals surface area contributed by atoms with Crippen LogP contribution in [0, 0.1) is 0 Å². The third-order valence-electron chi connectivity index (χ3n) is 5.92. The van der Waals surface area contributed by atoms with Crippen molar-refractivity contribution in [3.8, 4) is 0 Å². The molecule has 7 nitrogen and oxygen atoms in total. The molecule has 194 valence electrons. The maximum atomic E-state index is 12.5. The van der Waals surface area contributed by atoms with Crippen molar-refractivity contribution in [3.05, 3.63) is 52.5 Å². The number of carbonyl (C=O) groups excluding carboxylic acids is 1. The quantitative estimate of drug-likeness (QED) is 0.362. The first-order valence-electron chi connectivity index (χ1n) is 12.0. The first-order valence-corrected chi connectivity index (χ1v) is 12.0. The number of amides is 1. The van der Waals surface area contributed by atoms with E-state index in [9.17, 15) is 18.0 Å². The number of aliphatic hydroxyl groups excluding tert-OH is 1. The summed E-state index contributed by atoms with van der Waals surface area (Å²) < 4.78 is 47.9. The standard InChI is InChI=1S/C25H34F3N3O4/c1-17(30-8-12-34-21-5-2-3-6-22(21)35-16-25(26,27)28)13-18-14-19-7-10-31(9-4-11-32)23(19)20(15-18)24(29)33/h5-6,14-15,17,30,32H,2-4,7-13,16H2,1H3,(H2,29,33)/t17-/m1/s1. The number of halogens is 3. The molecule has 0 aromatic heterocycles. The molecule has 1 aromatic carbocycles. The van der Waals surface area contributed by atoms with Crippen molar-refractivity contribution in [3.63, 3.8) is 0 Å². The number of hydrogen-bond acceptors (Lipinski definition) is 6. The number of allylic oxidation sites excluding steroid dienone is 2. The largest absolute Gasteiger partial charge is 0.489 e. The predicted molar refractivity (Wildman–Crippen MR) is 127 cm³/mol. The zero-order valence-corrected chi connectivity index (χ0v) is 20.0. The van der Waals surface area contributed by atoms with Gasteiger partial charge in [-0.25, -0.2) is 0 Å². The van der Waals surface area contributed by atoms with E-state index in [4.69, 9.17) is 20.3 Å². The van der Waals surface area contributed by atoms with Gasteiger partial charge in [-0.2, -0.15) is 13.2 Å². The van der Waals surface area contributed by atoms with E-state index in [-0.39, 0.29) is 25.0 Å². The third kappa shape index (κ3) is 7.90. The number of alkyl halides is 3. The number of carbonyl (C=O) groups is 1. The Bertz CT molecular complexity index is 947. The van der Waals surface area contributed by atoms with Crippen LogP contribution in [0.1, 0.15) is 47.7 Å². The summed E-state index contributed by atoms with van der Waals surface area (Å²) in [6, 6.07) is 4.02. The Balaban J connectivity index is 1.51. The fourth-order valence-electron chi connectivity index (χ4n) is 4.42. The molecule has 1 atom stereocenters. The SMILES string of the molecule is C[C@H](Cc1cc2c(c(C(N)=O)c1)N(CCCO)CC2)NCCOC1=CCCC=C1OCC(F)(F)F. The molecule has 0 bridgehead atoms. The highest BCUT2D eigenvalue weighted by Gasteiger charge is 2.30. The summed E-state index contributed by atoms with van der Waals surface area (Å²) in [7, 11) is 0. The smallest absolute Gasteiger partial charge is 0.422 e. The fourth-order valence-corrected chi connectivity index (χ4v) is 4.42. The molecule has 0 fully saturated rings. The molecule has 0 unspecified atom stereocenters.